The lowest BCUT2D eigenvalue weighted by atomic mass is 9.76. The van der Waals surface area contributed by atoms with Gasteiger partial charge in [-0.05, 0) is 31.7 Å². The van der Waals surface area contributed by atoms with Crippen LogP contribution >= 0.6 is 0 Å². The molecule has 0 radical (unpaired) electrons. The van der Waals surface area contributed by atoms with Crippen LogP contribution in [0.25, 0.3) is 0 Å². The molecule has 1 unspecified atom stereocenters. The first kappa shape index (κ1) is 12.4. The normalized spacial score (nSPS) is 20.9. The van der Waals surface area contributed by atoms with E-state index in [4.69, 9.17) is 15.2 Å². The molecule has 17 heavy (non-hydrogen) atoms. The van der Waals surface area contributed by atoms with Crippen molar-refractivity contribution in [2.24, 2.45) is 11.7 Å². The van der Waals surface area contributed by atoms with E-state index in [1.54, 1.807) is 7.11 Å². The fourth-order valence-electron chi connectivity index (χ4n) is 2.61. The molecule has 94 valence electrons. The number of rotatable bonds is 3. The monoisotopic (exact) mass is 235 g/mol. The summed E-state index contributed by atoms with van der Waals surface area (Å²) in [4.78, 5) is 0. The third-order valence-corrected chi connectivity index (χ3v) is 3.76. The predicted octanol–water partition coefficient (Wildman–Crippen LogP) is 2.30. The van der Waals surface area contributed by atoms with Gasteiger partial charge in [0.15, 0.2) is 0 Å². The molecule has 3 heteroatoms. The molecular formula is C14H21NO2. The predicted molar refractivity (Wildman–Crippen MR) is 68.1 cm³/mol. The summed E-state index contributed by atoms with van der Waals surface area (Å²) in [6.07, 6.45) is 2.04. The average molecular weight is 235 g/mol. The van der Waals surface area contributed by atoms with E-state index in [0.717, 1.165) is 37.4 Å². The van der Waals surface area contributed by atoms with Crippen molar-refractivity contribution < 1.29 is 9.47 Å². The molecule has 0 aliphatic carbocycles. The highest BCUT2D eigenvalue weighted by Crippen LogP contribution is 2.37. The van der Waals surface area contributed by atoms with Gasteiger partial charge in [-0.3, -0.25) is 0 Å². The molecule has 0 saturated carbocycles. The molecule has 1 aliphatic heterocycles. The first-order valence-corrected chi connectivity index (χ1v) is 6.16. The van der Waals surface area contributed by atoms with Crippen LogP contribution < -0.4 is 10.5 Å². The third kappa shape index (κ3) is 2.45. The zero-order valence-electron chi connectivity index (χ0n) is 10.6. The van der Waals surface area contributed by atoms with Crippen molar-refractivity contribution in [2.75, 3.05) is 20.3 Å². The maximum Gasteiger partial charge on any atom is 0.123 e. The van der Waals surface area contributed by atoms with Gasteiger partial charge in [-0.25, -0.2) is 0 Å². The van der Waals surface area contributed by atoms with Gasteiger partial charge in [0.25, 0.3) is 0 Å². The minimum Gasteiger partial charge on any atom is -0.496 e. The highest BCUT2D eigenvalue weighted by atomic mass is 16.5. The van der Waals surface area contributed by atoms with Crippen LogP contribution in [0.3, 0.4) is 0 Å². The van der Waals surface area contributed by atoms with E-state index in [-0.39, 0.29) is 5.54 Å². The van der Waals surface area contributed by atoms with Gasteiger partial charge in [0, 0.05) is 24.3 Å². The minimum absolute atomic E-state index is 0.351. The van der Waals surface area contributed by atoms with Crippen molar-refractivity contribution in [3.05, 3.63) is 29.8 Å². The summed E-state index contributed by atoms with van der Waals surface area (Å²) < 4.78 is 10.8. The Labute approximate surface area is 103 Å². The minimum atomic E-state index is -0.351. The Kier molecular flexibility index (Phi) is 3.69. The lowest BCUT2D eigenvalue weighted by Gasteiger charge is -2.37. The van der Waals surface area contributed by atoms with Crippen LogP contribution in [0.1, 0.15) is 25.3 Å². The highest BCUT2D eigenvalue weighted by molar-refractivity contribution is 5.39. The van der Waals surface area contributed by atoms with E-state index < -0.39 is 0 Å². The van der Waals surface area contributed by atoms with Crippen LogP contribution in [0.2, 0.25) is 0 Å². The van der Waals surface area contributed by atoms with Gasteiger partial charge in [0.1, 0.15) is 5.75 Å². The maximum absolute atomic E-state index is 6.55. The molecule has 3 nitrogen and oxygen atoms in total. The van der Waals surface area contributed by atoms with Crippen LogP contribution in [0, 0.1) is 5.92 Å². The molecule has 0 bridgehead atoms. The zero-order valence-corrected chi connectivity index (χ0v) is 10.6. The van der Waals surface area contributed by atoms with Gasteiger partial charge in [-0.15, -0.1) is 0 Å². The maximum atomic E-state index is 6.55. The first-order chi connectivity index (χ1) is 8.16. The summed E-state index contributed by atoms with van der Waals surface area (Å²) in [5.74, 6) is 1.33. The Morgan fingerprint density at radius 3 is 2.59 bits per heavy atom. The van der Waals surface area contributed by atoms with Crippen molar-refractivity contribution in [2.45, 2.75) is 25.3 Å². The Balaban J connectivity index is 2.29. The Morgan fingerprint density at radius 1 is 1.29 bits per heavy atom. The van der Waals surface area contributed by atoms with Crippen LogP contribution in [-0.2, 0) is 10.3 Å². The van der Waals surface area contributed by atoms with Crippen LogP contribution in [-0.4, -0.2) is 20.3 Å². The average Bonchev–Trinajstić information content (AvgIpc) is 2.39. The SMILES string of the molecule is COc1ccccc1C(C)(N)C1CCOCC1. The second-order valence-corrected chi connectivity index (χ2v) is 4.87. The summed E-state index contributed by atoms with van der Waals surface area (Å²) in [5.41, 5.74) is 7.29. The number of para-hydroxylation sites is 1. The second kappa shape index (κ2) is 5.07. The van der Waals surface area contributed by atoms with Crippen molar-refractivity contribution in [1.29, 1.82) is 0 Å². The van der Waals surface area contributed by atoms with Gasteiger partial charge in [-0.1, -0.05) is 18.2 Å². The molecular weight excluding hydrogens is 214 g/mol. The molecule has 1 heterocycles. The molecule has 2 rings (SSSR count). The first-order valence-electron chi connectivity index (χ1n) is 6.16. The molecule has 1 aromatic carbocycles. The number of methoxy groups -OCH3 is 1. The van der Waals surface area contributed by atoms with Crippen molar-refractivity contribution >= 4 is 0 Å². The standard InChI is InChI=1S/C14H21NO2/c1-14(15,11-7-9-17-10-8-11)12-5-3-4-6-13(12)16-2/h3-6,11H,7-10,15H2,1-2H3. The summed E-state index contributed by atoms with van der Waals surface area (Å²) in [5, 5.41) is 0. The Morgan fingerprint density at radius 2 is 1.94 bits per heavy atom. The van der Waals surface area contributed by atoms with Crippen molar-refractivity contribution in [3.8, 4) is 5.75 Å². The highest BCUT2D eigenvalue weighted by Gasteiger charge is 2.35. The van der Waals surface area contributed by atoms with Gasteiger partial charge >= 0.3 is 0 Å². The van der Waals surface area contributed by atoms with Gasteiger partial charge < -0.3 is 15.2 Å². The van der Waals surface area contributed by atoms with E-state index in [2.05, 4.69) is 13.0 Å². The smallest absolute Gasteiger partial charge is 0.123 e. The molecule has 1 atom stereocenters. The molecule has 2 N–H and O–H groups in total. The second-order valence-electron chi connectivity index (χ2n) is 4.87. The fraction of sp³-hybridized carbons (Fsp3) is 0.571. The van der Waals surface area contributed by atoms with Crippen LogP contribution in [0.4, 0.5) is 0 Å². The quantitative estimate of drug-likeness (QED) is 0.874. The molecule has 0 amide bonds. The summed E-state index contributed by atoms with van der Waals surface area (Å²) in [7, 11) is 1.69. The van der Waals surface area contributed by atoms with Crippen LogP contribution in [0.5, 0.6) is 5.75 Å². The molecule has 1 aliphatic rings. The number of ether oxygens (including phenoxy) is 2. The largest absolute Gasteiger partial charge is 0.496 e. The Bertz CT molecular complexity index is 370. The number of hydrogen-bond acceptors (Lipinski definition) is 3. The lowest BCUT2D eigenvalue weighted by molar-refractivity contribution is 0.0407. The fourth-order valence-corrected chi connectivity index (χ4v) is 2.61. The molecule has 1 saturated heterocycles. The van der Waals surface area contributed by atoms with E-state index in [1.807, 2.05) is 18.2 Å². The summed E-state index contributed by atoms with van der Waals surface area (Å²) in [6.45, 7) is 3.72. The Hall–Kier alpha value is -1.06. The van der Waals surface area contributed by atoms with E-state index in [0.29, 0.717) is 5.92 Å². The van der Waals surface area contributed by atoms with Gasteiger partial charge in [-0.2, -0.15) is 0 Å². The van der Waals surface area contributed by atoms with Gasteiger partial charge in [0.05, 0.1) is 7.11 Å². The van der Waals surface area contributed by atoms with Crippen molar-refractivity contribution in [3.63, 3.8) is 0 Å². The molecule has 1 fully saturated rings. The van der Waals surface area contributed by atoms with Gasteiger partial charge in [0.2, 0.25) is 0 Å². The van der Waals surface area contributed by atoms with Crippen LogP contribution in [0.15, 0.2) is 24.3 Å². The summed E-state index contributed by atoms with van der Waals surface area (Å²) >= 11 is 0. The lowest BCUT2D eigenvalue weighted by Crippen LogP contribution is -2.44. The number of hydrogen-bond donors (Lipinski definition) is 1. The van der Waals surface area contributed by atoms with E-state index in [1.165, 1.54) is 0 Å². The topological polar surface area (TPSA) is 44.5 Å². The van der Waals surface area contributed by atoms with E-state index >= 15 is 0 Å². The molecule has 0 spiro atoms. The molecule has 0 aromatic heterocycles. The number of nitrogens with two attached hydrogens (primary N) is 1. The third-order valence-electron chi connectivity index (χ3n) is 3.76. The zero-order chi connectivity index (χ0) is 12.3. The molecule has 1 aromatic rings. The van der Waals surface area contributed by atoms with Crippen molar-refractivity contribution in [1.82, 2.24) is 0 Å². The summed E-state index contributed by atoms with van der Waals surface area (Å²) in [6, 6.07) is 8.03. The number of benzene rings is 1. The van der Waals surface area contributed by atoms with E-state index in [9.17, 15) is 0 Å².